The summed E-state index contributed by atoms with van der Waals surface area (Å²) in [4.78, 5) is 12.5. The Kier molecular flexibility index (Phi) is 8.19. The molecular weight excluding hydrogens is 426 g/mol. The van der Waals surface area contributed by atoms with Crippen molar-refractivity contribution in [2.24, 2.45) is 0 Å². The molecule has 3 aromatic carbocycles. The summed E-state index contributed by atoms with van der Waals surface area (Å²) in [5, 5.41) is 0. The highest BCUT2D eigenvalue weighted by Crippen LogP contribution is 2.24. The van der Waals surface area contributed by atoms with Gasteiger partial charge in [0.15, 0.2) is 5.78 Å². The third kappa shape index (κ3) is 6.91. The fourth-order valence-electron chi connectivity index (χ4n) is 3.22. The summed E-state index contributed by atoms with van der Waals surface area (Å²) < 4.78 is 40.5. The zero-order chi connectivity index (χ0) is 23.8. The molecule has 0 unspecified atom stereocenters. The quantitative estimate of drug-likeness (QED) is 0.248. The minimum absolute atomic E-state index is 0.0606. The first-order valence-electron chi connectivity index (χ1n) is 10.5. The van der Waals surface area contributed by atoms with E-state index in [1.54, 1.807) is 19.3 Å². The molecule has 0 aliphatic heterocycles. The van der Waals surface area contributed by atoms with E-state index in [-0.39, 0.29) is 17.1 Å². The number of hydrogen-bond donors (Lipinski definition) is 0. The van der Waals surface area contributed by atoms with Crippen LogP contribution in [0, 0.1) is 0 Å². The Morgan fingerprint density at radius 3 is 2.39 bits per heavy atom. The van der Waals surface area contributed by atoms with E-state index in [1.165, 1.54) is 29.8 Å². The zero-order valence-electron chi connectivity index (χ0n) is 18.8. The molecule has 0 heterocycles. The van der Waals surface area contributed by atoms with Gasteiger partial charge < -0.3 is 14.2 Å². The zero-order valence-corrected chi connectivity index (χ0v) is 18.8. The van der Waals surface area contributed by atoms with Crippen LogP contribution in [0.15, 0.2) is 72.8 Å². The van der Waals surface area contributed by atoms with Gasteiger partial charge in [-0.1, -0.05) is 50.3 Å². The second-order valence-corrected chi connectivity index (χ2v) is 7.69. The molecule has 0 aliphatic carbocycles. The number of methoxy groups -OCH3 is 1. The Hall–Kier alpha value is -3.67. The highest BCUT2D eigenvalue weighted by Gasteiger charge is 2.09. The van der Waals surface area contributed by atoms with Crippen molar-refractivity contribution in [1.29, 1.82) is 0 Å². The van der Waals surface area contributed by atoms with Gasteiger partial charge in [0.05, 0.1) is 7.11 Å². The number of ether oxygens (including phenoxy) is 3. The lowest BCUT2D eigenvalue weighted by Crippen LogP contribution is -2.03. The molecule has 6 heteroatoms. The van der Waals surface area contributed by atoms with Gasteiger partial charge in [-0.05, 0) is 59.5 Å². The number of allylic oxidation sites excluding steroid dienone is 1. The molecule has 0 amide bonds. The van der Waals surface area contributed by atoms with Crippen LogP contribution in [-0.4, -0.2) is 19.5 Å². The smallest absolute Gasteiger partial charge is 0.387 e. The van der Waals surface area contributed by atoms with Gasteiger partial charge in [0.1, 0.15) is 23.9 Å². The first kappa shape index (κ1) is 24.0. The van der Waals surface area contributed by atoms with Crippen molar-refractivity contribution in [3.8, 4) is 17.2 Å². The van der Waals surface area contributed by atoms with Crippen molar-refractivity contribution in [1.82, 2.24) is 0 Å². The summed E-state index contributed by atoms with van der Waals surface area (Å²) in [5.41, 5.74) is 3.10. The Morgan fingerprint density at radius 2 is 1.73 bits per heavy atom. The molecule has 0 N–H and O–H groups in total. The number of alkyl halides is 2. The van der Waals surface area contributed by atoms with E-state index < -0.39 is 6.61 Å². The Morgan fingerprint density at radius 1 is 0.970 bits per heavy atom. The Labute approximate surface area is 192 Å². The van der Waals surface area contributed by atoms with Crippen LogP contribution in [0.5, 0.6) is 17.2 Å². The number of rotatable bonds is 10. The number of halogens is 2. The molecule has 4 nitrogen and oxygen atoms in total. The molecule has 0 fully saturated rings. The van der Waals surface area contributed by atoms with Crippen molar-refractivity contribution in [2.75, 3.05) is 7.11 Å². The Bertz CT molecular complexity index is 1110. The van der Waals surface area contributed by atoms with E-state index in [0.29, 0.717) is 18.3 Å². The number of hydrogen-bond acceptors (Lipinski definition) is 4. The molecule has 172 valence electrons. The summed E-state index contributed by atoms with van der Waals surface area (Å²) >= 11 is 0. The lowest BCUT2D eigenvalue weighted by molar-refractivity contribution is -0.0498. The molecule has 33 heavy (non-hydrogen) atoms. The molecule has 0 bridgehead atoms. The molecule has 3 rings (SSSR count). The molecule has 0 radical (unpaired) electrons. The molecule has 0 aromatic heterocycles. The monoisotopic (exact) mass is 452 g/mol. The highest BCUT2D eigenvalue weighted by molar-refractivity contribution is 6.07. The molecule has 0 atom stereocenters. The third-order valence-corrected chi connectivity index (χ3v) is 5.02. The van der Waals surface area contributed by atoms with Gasteiger partial charge in [-0.3, -0.25) is 4.79 Å². The van der Waals surface area contributed by atoms with E-state index in [2.05, 4.69) is 18.6 Å². The average Bonchev–Trinajstić information content (AvgIpc) is 2.81. The van der Waals surface area contributed by atoms with E-state index >= 15 is 0 Å². The van der Waals surface area contributed by atoms with Crippen LogP contribution < -0.4 is 14.2 Å². The van der Waals surface area contributed by atoms with Gasteiger partial charge in [-0.25, -0.2) is 0 Å². The van der Waals surface area contributed by atoms with Crippen LogP contribution in [0.4, 0.5) is 8.78 Å². The highest BCUT2D eigenvalue weighted by atomic mass is 19.3. The van der Waals surface area contributed by atoms with Crippen molar-refractivity contribution in [3.05, 3.63) is 95.1 Å². The van der Waals surface area contributed by atoms with Crippen molar-refractivity contribution in [2.45, 2.75) is 33.0 Å². The topological polar surface area (TPSA) is 44.8 Å². The SMILES string of the molecule is COc1ccc(/C=C/C(=O)c2cccc(OC(F)F)c2)cc1COc1ccc(C(C)C)cc1. The number of ketones is 1. The maximum absolute atomic E-state index is 12.5. The van der Waals surface area contributed by atoms with Gasteiger partial charge in [-0.15, -0.1) is 0 Å². The molecule has 0 spiro atoms. The van der Waals surface area contributed by atoms with E-state index in [1.807, 2.05) is 42.5 Å². The van der Waals surface area contributed by atoms with Crippen LogP contribution in [0.1, 0.15) is 46.8 Å². The van der Waals surface area contributed by atoms with Crippen LogP contribution >= 0.6 is 0 Å². The lowest BCUT2D eigenvalue weighted by atomic mass is 10.0. The summed E-state index contributed by atoms with van der Waals surface area (Å²) in [7, 11) is 1.59. The predicted molar refractivity (Wildman–Crippen MR) is 124 cm³/mol. The summed E-state index contributed by atoms with van der Waals surface area (Å²) in [6.07, 6.45) is 3.04. The molecule has 0 saturated heterocycles. The summed E-state index contributed by atoms with van der Waals surface area (Å²) in [5.74, 6) is 1.49. The van der Waals surface area contributed by atoms with Gasteiger partial charge in [0.25, 0.3) is 0 Å². The average molecular weight is 452 g/mol. The van der Waals surface area contributed by atoms with Crippen molar-refractivity contribution in [3.63, 3.8) is 0 Å². The third-order valence-electron chi connectivity index (χ3n) is 5.02. The number of carbonyl (C=O) groups excluding carboxylic acids is 1. The first-order chi connectivity index (χ1) is 15.9. The van der Waals surface area contributed by atoms with Crippen LogP contribution in [0.3, 0.4) is 0 Å². The molecular formula is C27H26F2O4. The largest absolute Gasteiger partial charge is 0.496 e. The summed E-state index contributed by atoms with van der Waals surface area (Å²) in [6, 6.07) is 19.2. The second kappa shape index (κ2) is 11.3. The number of carbonyl (C=O) groups is 1. The van der Waals surface area contributed by atoms with Gasteiger partial charge in [-0.2, -0.15) is 8.78 Å². The van der Waals surface area contributed by atoms with Crippen LogP contribution in [0.25, 0.3) is 6.08 Å². The second-order valence-electron chi connectivity index (χ2n) is 7.69. The maximum atomic E-state index is 12.5. The van der Waals surface area contributed by atoms with Crippen molar-refractivity contribution < 1.29 is 27.8 Å². The first-order valence-corrected chi connectivity index (χ1v) is 10.5. The minimum atomic E-state index is -2.95. The van der Waals surface area contributed by atoms with Crippen LogP contribution in [-0.2, 0) is 6.61 Å². The predicted octanol–water partition coefficient (Wildman–Crippen LogP) is 6.90. The standard InChI is InChI=1S/C27H26F2O4/c1-18(2)20-9-11-23(12-10-20)32-17-22-15-19(8-14-26(22)31-3)7-13-25(30)21-5-4-6-24(16-21)33-27(28)29/h4-16,18,27H,17H2,1-3H3/b13-7+. The van der Waals surface area contributed by atoms with E-state index in [9.17, 15) is 13.6 Å². The lowest BCUT2D eigenvalue weighted by Gasteiger charge is -2.12. The number of benzene rings is 3. The van der Waals surface area contributed by atoms with Crippen molar-refractivity contribution >= 4 is 11.9 Å². The maximum Gasteiger partial charge on any atom is 0.387 e. The minimum Gasteiger partial charge on any atom is -0.496 e. The summed E-state index contributed by atoms with van der Waals surface area (Å²) in [6.45, 7) is 1.63. The van der Waals surface area contributed by atoms with Gasteiger partial charge in [0, 0.05) is 11.1 Å². The molecule has 3 aromatic rings. The normalized spacial score (nSPS) is 11.2. The fraction of sp³-hybridized carbons (Fsp3) is 0.222. The van der Waals surface area contributed by atoms with E-state index in [0.717, 1.165) is 16.9 Å². The molecule has 0 aliphatic rings. The Balaban J connectivity index is 1.70. The molecule has 0 saturated carbocycles. The van der Waals surface area contributed by atoms with Crippen LogP contribution in [0.2, 0.25) is 0 Å². The fourth-order valence-corrected chi connectivity index (χ4v) is 3.22. The van der Waals surface area contributed by atoms with Gasteiger partial charge in [0.2, 0.25) is 0 Å². The van der Waals surface area contributed by atoms with Gasteiger partial charge >= 0.3 is 6.61 Å². The van der Waals surface area contributed by atoms with E-state index in [4.69, 9.17) is 9.47 Å².